The molecule has 0 saturated heterocycles. The summed E-state index contributed by atoms with van der Waals surface area (Å²) in [4.78, 5) is 21.2. The standard InChI is InChI=1S/C11H20O6/c1-15-11(16-2)5-3-4-8-17-10(14)7-6-9(12)13/h11H,3-8H2,1-2H3,(H,12,13). The van der Waals surface area contributed by atoms with Gasteiger partial charge in [0.05, 0.1) is 19.4 Å². The van der Waals surface area contributed by atoms with E-state index >= 15 is 0 Å². The van der Waals surface area contributed by atoms with Gasteiger partial charge in [-0.3, -0.25) is 9.59 Å². The zero-order valence-electron chi connectivity index (χ0n) is 10.3. The van der Waals surface area contributed by atoms with Gasteiger partial charge in [-0.1, -0.05) is 0 Å². The Labute approximate surface area is 101 Å². The summed E-state index contributed by atoms with van der Waals surface area (Å²) in [5.74, 6) is -1.47. The molecule has 0 aromatic heterocycles. The van der Waals surface area contributed by atoms with E-state index in [1.165, 1.54) is 0 Å². The number of aliphatic carboxylic acids is 1. The van der Waals surface area contributed by atoms with Crippen LogP contribution in [0.25, 0.3) is 0 Å². The number of carboxylic acids is 1. The van der Waals surface area contributed by atoms with Gasteiger partial charge in [-0.25, -0.2) is 0 Å². The lowest BCUT2D eigenvalue weighted by Crippen LogP contribution is -2.13. The number of ether oxygens (including phenoxy) is 3. The van der Waals surface area contributed by atoms with E-state index in [2.05, 4.69) is 0 Å². The van der Waals surface area contributed by atoms with Crippen LogP contribution in [-0.4, -0.2) is 44.2 Å². The summed E-state index contributed by atoms with van der Waals surface area (Å²) < 4.78 is 14.9. The van der Waals surface area contributed by atoms with Crippen molar-refractivity contribution in [1.82, 2.24) is 0 Å². The number of unbranched alkanes of at least 4 members (excludes halogenated alkanes) is 1. The quantitative estimate of drug-likeness (QED) is 0.355. The largest absolute Gasteiger partial charge is 0.481 e. The van der Waals surface area contributed by atoms with E-state index in [0.717, 1.165) is 12.8 Å². The third-order valence-corrected chi connectivity index (χ3v) is 2.17. The van der Waals surface area contributed by atoms with Crippen LogP contribution in [0.1, 0.15) is 32.1 Å². The molecule has 0 aliphatic rings. The van der Waals surface area contributed by atoms with Crippen LogP contribution in [0.3, 0.4) is 0 Å². The number of hydrogen-bond acceptors (Lipinski definition) is 5. The minimum absolute atomic E-state index is 0.0753. The number of esters is 1. The Kier molecular flexibility index (Phi) is 9.37. The van der Waals surface area contributed by atoms with E-state index < -0.39 is 11.9 Å². The van der Waals surface area contributed by atoms with E-state index in [1.807, 2.05) is 0 Å². The van der Waals surface area contributed by atoms with Crippen LogP contribution in [0.15, 0.2) is 0 Å². The highest BCUT2D eigenvalue weighted by Crippen LogP contribution is 2.05. The van der Waals surface area contributed by atoms with E-state index in [-0.39, 0.29) is 19.1 Å². The molecule has 100 valence electrons. The van der Waals surface area contributed by atoms with Crippen LogP contribution < -0.4 is 0 Å². The van der Waals surface area contributed by atoms with Gasteiger partial charge in [0.15, 0.2) is 6.29 Å². The predicted octanol–water partition coefficient (Wildman–Crippen LogP) is 1.18. The fraction of sp³-hybridized carbons (Fsp3) is 0.818. The molecule has 0 amide bonds. The maximum atomic E-state index is 11.0. The van der Waals surface area contributed by atoms with Gasteiger partial charge in [-0.15, -0.1) is 0 Å². The predicted molar refractivity (Wildman–Crippen MR) is 59.5 cm³/mol. The van der Waals surface area contributed by atoms with Gasteiger partial charge in [0.25, 0.3) is 0 Å². The molecule has 1 N–H and O–H groups in total. The van der Waals surface area contributed by atoms with E-state index in [9.17, 15) is 9.59 Å². The highest BCUT2D eigenvalue weighted by atomic mass is 16.7. The molecule has 6 nitrogen and oxygen atoms in total. The Bertz CT molecular complexity index is 224. The molecular weight excluding hydrogens is 228 g/mol. The summed E-state index contributed by atoms with van der Waals surface area (Å²) in [7, 11) is 3.14. The molecule has 17 heavy (non-hydrogen) atoms. The average molecular weight is 248 g/mol. The lowest BCUT2D eigenvalue weighted by molar-refractivity contribution is -0.148. The van der Waals surface area contributed by atoms with Gasteiger partial charge in [0, 0.05) is 14.2 Å². The fourth-order valence-electron chi connectivity index (χ4n) is 1.21. The van der Waals surface area contributed by atoms with Crippen molar-refractivity contribution in [3.8, 4) is 0 Å². The SMILES string of the molecule is COC(CCCCOC(=O)CCC(=O)O)OC. The molecule has 6 heteroatoms. The van der Waals surface area contributed by atoms with E-state index in [1.54, 1.807) is 14.2 Å². The van der Waals surface area contributed by atoms with Crippen molar-refractivity contribution in [3.05, 3.63) is 0 Å². The van der Waals surface area contributed by atoms with Crippen molar-refractivity contribution in [2.24, 2.45) is 0 Å². The highest BCUT2D eigenvalue weighted by molar-refractivity contribution is 5.76. The first-order valence-corrected chi connectivity index (χ1v) is 5.53. The molecule has 0 fully saturated rings. The Morgan fingerprint density at radius 3 is 2.29 bits per heavy atom. The number of carbonyl (C=O) groups excluding carboxylic acids is 1. The number of carbonyl (C=O) groups is 2. The molecule has 0 unspecified atom stereocenters. The maximum Gasteiger partial charge on any atom is 0.306 e. The second kappa shape index (κ2) is 10.0. The van der Waals surface area contributed by atoms with Gasteiger partial charge < -0.3 is 19.3 Å². The van der Waals surface area contributed by atoms with Crippen molar-refractivity contribution in [2.45, 2.75) is 38.4 Å². The van der Waals surface area contributed by atoms with Crippen LogP contribution in [0.2, 0.25) is 0 Å². The number of hydrogen-bond donors (Lipinski definition) is 1. The second-order valence-corrected chi connectivity index (χ2v) is 3.51. The van der Waals surface area contributed by atoms with Crippen molar-refractivity contribution in [3.63, 3.8) is 0 Å². The van der Waals surface area contributed by atoms with Crippen molar-refractivity contribution < 1.29 is 28.9 Å². The highest BCUT2D eigenvalue weighted by Gasteiger charge is 2.07. The molecule has 0 rings (SSSR count). The van der Waals surface area contributed by atoms with Crippen molar-refractivity contribution >= 4 is 11.9 Å². The van der Waals surface area contributed by atoms with E-state index in [4.69, 9.17) is 19.3 Å². The van der Waals surface area contributed by atoms with Crippen LogP contribution in [0.4, 0.5) is 0 Å². The Morgan fingerprint density at radius 1 is 1.12 bits per heavy atom. The summed E-state index contributed by atoms with van der Waals surface area (Å²) in [5, 5.41) is 8.35. The number of methoxy groups -OCH3 is 2. The molecule has 0 bridgehead atoms. The first-order valence-electron chi connectivity index (χ1n) is 5.53. The van der Waals surface area contributed by atoms with Gasteiger partial charge in [-0.05, 0) is 19.3 Å². The van der Waals surface area contributed by atoms with Gasteiger partial charge >= 0.3 is 11.9 Å². The first kappa shape index (κ1) is 15.9. The zero-order valence-corrected chi connectivity index (χ0v) is 10.3. The summed E-state index contributed by atoms with van der Waals surface area (Å²) in [6.45, 7) is 0.304. The Balaban J connectivity index is 3.38. The molecule has 0 aromatic rings. The molecule has 0 aromatic carbocycles. The summed E-state index contributed by atoms with van der Waals surface area (Å²) in [6.07, 6.45) is 1.78. The maximum absolute atomic E-state index is 11.0. The molecule has 0 aliphatic heterocycles. The summed E-state index contributed by atoms with van der Waals surface area (Å²) >= 11 is 0. The van der Waals surface area contributed by atoms with Gasteiger partial charge in [-0.2, -0.15) is 0 Å². The minimum atomic E-state index is -0.995. The van der Waals surface area contributed by atoms with Crippen LogP contribution >= 0.6 is 0 Å². The summed E-state index contributed by atoms with van der Waals surface area (Å²) in [6, 6.07) is 0. The van der Waals surface area contributed by atoms with Crippen molar-refractivity contribution in [1.29, 1.82) is 0 Å². The van der Waals surface area contributed by atoms with Gasteiger partial charge in [0.2, 0.25) is 0 Å². The first-order chi connectivity index (χ1) is 8.10. The van der Waals surface area contributed by atoms with Crippen LogP contribution in [0, 0.1) is 0 Å². The molecule has 0 saturated carbocycles. The number of rotatable bonds is 10. The molecule has 0 aliphatic carbocycles. The topological polar surface area (TPSA) is 82.1 Å². The molecule has 0 atom stereocenters. The van der Waals surface area contributed by atoms with E-state index in [0.29, 0.717) is 13.0 Å². The Hall–Kier alpha value is -1.14. The van der Waals surface area contributed by atoms with Gasteiger partial charge in [0.1, 0.15) is 0 Å². The zero-order chi connectivity index (χ0) is 13.1. The molecule has 0 spiro atoms. The lowest BCUT2D eigenvalue weighted by Gasteiger charge is -2.12. The molecule has 0 heterocycles. The third-order valence-electron chi connectivity index (χ3n) is 2.17. The third kappa shape index (κ3) is 9.77. The lowest BCUT2D eigenvalue weighted by atomic mass is 10.2. The van der Waals surface area contributed by atoms with Crippen LogP contribution in [0.5, 0.6) is 0 Å². The average Bonchev–Trinajstić information content (AvgIpc) is 2.31. The second-order valence-electron chi connectivity index (χ2n) is 3.51. The normalized spacial score (nSPS) is 10.5. The van der Waals surface area contributed by atoms with Crippen molar-refractivity contribution in [2.75, 3.05) is 20.8 Å². The van der Waals surface area contributed by atoms with Crippen LogP contribution in [-0.2, 0) is 23.8 Å². The summed E-state index contributed by atoms with van der Waals surface area (Å²) in [5.41, 5.74) is 0. The Morgan fingerprint density at radius 2 is 1.76 bits per heavy atom. The monoisotopic (exact) mass is 248 g/mol. The fourth-order valence-corrected chi connectivity index (χ4v) is 1.21. The molecular formula is C11H20O6. The number of carboxylic acid groups (broad SMARTS) is 1. The smallest absolute Gasteiger partial charge is 0.306 e. The minimum Gasteiger partial charge on any atom is -0.481 e. The molecule has 0 radical (unpaired) electrons.